The number of unbranched alkanes of at least 4 members (excludes halogenated alkanes) is 29. The Morgan fingerprint density at radius 1 is 0.350 bits per heavy atom. The van der Waals surface area contributed by atoms with E-state index in [-0.39, 0.29) is 31.1 Å². The predicted octanol–water partition coefficient (Wildman–Crippen LogP) is 16.7. The Morgan fingerprint density at radius 3 is 1.05 bits per heavy atom. The first-order valence-corrected chi connectivity index (χ1v) is 25.7. The van der Waals surface area contributed by atoms with E-state index in [1.54, 1.807) is 0 Å². The lowest BCUT2D eigenvalue weighted by atomic mass is 10.1. The van der Waals surface area contributed by atoms with Crippen molar-refractivity contribution in [3.8, 4) is 0 Å². The predicted molar refractivity (Wildman–Crippen MR) is 256 cm³/mol. The standard InChI is InChI=1S/C54H96O6/c1-4-7-10-13-16-19-22-24-25-26-27-28-29-31-32-35-38-41-44-47-53(56)59-50-51(49-58-52(55)46-43-40-37-34-21-18-15-12-9-6-3)60-54(57)48-45-42-39-36-33-30-23-20-17-14-11-8-5-2/h8,11,14,17,20,23,26-27,51H,4-7,9-10,12-13,15-16,18-19,21-22,24-25,28-50H2,1-3H3/b11-8-,17-14-,23-20-,27-26-. The molecule has 0 aliphatic rings. The van der Waals surface area contributed by atoms with Gasteiger partial charge in [0, 0.05) is 19.3 Å². The van der Waals surface area contributed by atoms with Crippen LogP contribution in [0.1, 0.15) is 258 Å². The Hall–Kier alpha value is -2.63. The van der Waals surface area contributed by atoms with Gasteiger partial charge in [0.15, 0.2) is 6.10 Å². The summed E-state index contributed by atoms with van der Waals surface area (Å²) in [5.41, 5.74) is 0. The average Bonchev–Trinajstić information content (AvgIpc) is 3.24. The van der Waals surface area contributed by atoms with Gasteiger partial charge in [0.25, 0.3) is 0 Å². The van der Waals surface area contributed by atoms with Crippen LogP contribution in [0.3, 0.4) is 0 Å². The molecule has 0 saturated carbocycles. The molecule has 0 aliphatic heterocycles. The molecule has 6 heteroatoms. The number of esters is 3. The lowest BCUT2D eigenvalue weighted by Gasteiger charge is -2.18. The van der Waals surface area contributed by atoms with Crippen molar-refractivity contribution in [2.24, 2.45) is 0 Å². The van der Waals surface area contributed by atoms with Crippen molar-refractivity contribution in [3.05, 3.63) is 48.6 Å². The zero-order chi connectivity index (χ0) is 43.7. The van der Waals surface area contributed by atoms with Gasteiger partial charge in [-0.05, 0) is 64.2 Å². The second kappa shape index (κ2) is 49.0. The highest BCUT2D eigenvalue weighted by Gasteiger charge is 2.19. The van der Waals surface area contributed by atoms with Crippen LogP contribution < -0.4 is 0 Å². The summed E-state index contributed by atoms with van der Waals surface area (Å²) in [6.45, 7) is 6.48. The monoisotopic (exact) mass is 841 g/mol. The molecule has 348 valence electrons. The Labute approximate surface area is 371 Å². The summed E-state index contributed by atoms with van der Waals surface area (Å²) >= 11 is 0. The van der Waals surface area contributed by atoms with E-state index in [1.165, 1.54) is 135 Å². The van der Waals surface area contributed by atoms with Gasteiger partial charge in [-0.2, -0.15) is 0 Å². The number of ether oxygens (including phenoxy) is 3. The van der Waals surface area contributed by atoms with Crippen molar-refractivity contribution in [1.82, 2.24) is 0 Å². The van der Waals surface area contributed by atoms with Crippen molar-refractivity contribution in [2.75, 3.05) is 13.2 Å². The fourth-order valence-electron chi connectivity index (χ4n) is 7.26. The van der Waals surface area contributed by atoms with Gasteiger partial charge in [-0.3, -0.25) is 14.4 Å². The molecule has 0 aromatic heterocycles. The van der Waals surface area contributed by atoms with Crippen molar-refractivity contribution in [2.45, 2.75) is 264 Å². The van der Waals surface area contributed by atoms with Crippen LogP contribution in [0.2, 0.25) is 0 Å². The zero-order valence-electron chi connectivity index (χ0n) is 39.7. The van der Waals surface area contributed by atoms with Gasteiger partial charge in [0.05, 0.1) is 0 Å². The Kier molecular flexibility index (Phi) is 46.9. The van der Waals surface area contributed by atoms with E-state index >= 15 is 0 Å². The molecule has 0 N–H and O–H groups in total. The van der Waals surface area contributed by atoms with Crippen molar-refractivity contribution >= 4 is 17.9 Å². The molecular weight excluding hydrogens is 745 g/mol. The van der Waals surface area contributed by atoms with Crippen LogP contribution >= 0.6 is 0 Å². The molecule has 0 fully saturated rings. The molecule has 0 aliphatic carbocycles. The van der Waals surface area contributed by atoms with Crippen LogP contribution in [-0.4, -0.2) is 37.2 Å². The van der Waals surface area contributed by atoms with Crippen molar-refractivity contribution in [1.29, 1.82) is 0 Å². The van der Waals surface area contributed by atoms with Crippen molar-refractivity contribution in [3.63, 3.8) is 0 Å². The van der Waals surface area contributed by atoms with Crippen LogP contribution in [0, 0.1) is 0 Å². The highest BCUT2D eigenvalue weighted by Crippen LogP contribution is 2.15. The van der Waals surface area contributed by atoms with E-state index in [9.17, 15) is 14.4 Å². The number of allylic oxidation sites excluding steroid dienone is 8. The molecule has 0 aromatic rings. The summed E-state index contributed by atoms with van der Waals surface area (Å²) < 4.78 is 16.7. The first-order valence-electron chi connectivity index (χ1n) is 25.7. The molecule has 0 bridgehead atoms. The number of rotatable bonds is 46. The third kappa shape index (κ3) is 46.4. The van der Waals surface area contributed by atoms with Crippen molar-refractivity contribution < 1.29 is 28.6 Å². The molecule has 0 rings (SSSR count). The number of carbonyl (C=O) groups excluding carboxylic acids is 3. The topological polar surface area (TPSA) is 78.9 Å². The smallest absolute Gasteiger partial charge is 0.306 e. The molecular formula is C54H96O6. The van der Waals surface area contributed by atoms with Crippen LogP contribution in [0.5, 0.6) is 0 Å². The van der Waals surface area contributed by atoms with Gasteiger partial charge in [0.1, 0.15) is 13.2 Å². The van der Waals surface area contributed by atoms with E-state index in [4.69, 9.17) is 14.2 Å². The van der Waals surface area contributed by atoms with Gasteiger partial charge < -0.3 is 14.2 Å². The Bertz CT molecular complexity index is 1060. The van der Waals surface area contributed by atoms with E-state index in [0.717, 1.165) is 83.5 Å². The summed E-state index contributed by atoms with van der Waals surface area (Å²) in [6, 6.07) is 0. The Balaban J connectivity index is 4.32. The minimum atomic E-state index is -0.781. The molecule has 1 atom stereocenters. The van der Waals surface area contributed by atoms with Crippen LogP contribution in [0.25, 0.3) is 0 Å². The highest BCUT2D eigenvalue weighted by atomic mass is 16.6. The first-order chi connectivity index (χ1) is 29.5. The fourth-order valence-corrected chi connectivity index (χ4v) is 7.26. The molecule has 0 aromatic carbocycles. The first kappa shape index (κ1) is 57.4. The van der Waals surface area contributed by atoms with Gasteiger partial charge in [0.2, 0.25) is 0 Å². The van der Waals surface area contributed by atoms with Crippen LogP contribution in [0.15, 0.2) is 48.6 Å². The molecule has 0 heterocycles. The maximum atomic E-state index is 12.7. The second-order valence-electron chi connectivity index (χ2n) is 17.1. The maximum Gasteiger partial charge on any atom is 0.306 e. The third-order valence-corrected chi connectivity index (χ3v) is 11.1. The number of hydrogen-bond acceptors (Lipinski definition) is 6. The zero-order valence-corrected chi connectivity index (χ0v) is 39.7. The van der Waals surface area contributed by atoms with Gasteiger partial charge in [-0.1, -0.05) is 223 Å². The second-order valence-corrected chi connectivity index (χ2v) is 17.1. The summed E-state index contributed by atoms with van der Waals surface area (Å²) in [5.74, 6) is -0.902. The molecule has 1 unspecified atom stereocenters. The lowest BCUT2D eigenvalue weighted by molar-refractivity contribution is -0.167. The molecule has 0 saturated heterocycles. The lowest BCUT2D eigenvalue weighted by Crippen LogP contribution is -2.30. The van der Waals surface area contributed by atoms with E-state index in [2.05, 4.69) is 69.4 Å². The van der Waals surface area contributed by atoms with Crippen LogP contribution in [0.4, 0.5) is 0 Å². The minimum absolute atomic E-state index is 0.0811. The summed E-state index contributed by atoms with van der Waals surface area (Å²) in [4.78, 5) is 37.9. The third-order valence-electron chi connectivity index (χ3n) is 11.1. The Morgan fingerprint density at radius 2 is 0.667 bits per heavy atom. The van der Waals surface area contributed by atoms with E-state index in [1.807, 2.05) is 0 Å². The summed E-state index contributed by atoms with van der Waals surface area (Å²) in [6.07, 6.45) is 58.1. The highest BCUT2D eigenvalue weighted by molar-refractivity contribution is 5.71. The fraction of sp³-hybridized carbons (Fsp3) is 0.796. The number of carbonyl (C=O) groups is 3. The molecule has 0 amide bonds. The quantitative estimate of drug-likeness (QED) is 0.0200. The summed E-state index contributed by atoms with van der Waals surface area (Å²) in [5, 5.41) is 0. The molecule has 6 nitrogen and oxygen atoms in total. The van der Waals surface area contributed by atoms with Gasteiger partial charge in [-0.25, -0.2) is 0 Å². The number of hydrogen-bond donors (Lipinski definition) is 0. The van der Waals surface area contributed by atoms with Crippen LogP contribution in [-0.2, 0) is 28.6 Å². The molecule has 0 radical (unpaired) electrons. The van der Waals surface area contributed by atoms with E-state index in [0.29, 0.717) is 19.3 Å². The largest absolute Gasteiger partial charge is 0.462 e. The molecule has 60 heavy (non-hydrogen) atoms. The SMILES string of the molecule is CC\C=C/C=C\C=C/CCCCCCCC(=O)OC(COC(=O)CCCCCCCCC/C=C\CCCCCCCCCC)COC(=O)CCCCCCCCCCCC. The van der Waals surface area contributed by atoms with Gasteiger partial charge >= 0.3 is 17.9 Å². The minimum Gasteiger partial charge on any atom is -0.462 e. The molecule has 0 spiro atoms. The average molecular weight is 841 g/mol. The normalized spacial score (nSPS) is 12.4. The maximum absolute atomic E-state index is 12.7. The van der Waals surface area contributed by atoms with Gasteiger partial charge in [-0.15, -0.1) is 0 Å². The summed E-state index contributed by atoms with van der Waals surface area (Å²) in [7, 11) is 0. The van der Waals surface area contributed by atoms with E-state index < -0.39 is 6.10 Å².